The Morgan fingerprint density at radius 3 is 1.36 bits per heavy atom. The third-order valence-corrected chi connectivity index (χ3v) is 14.6. The van der Waals surface area contributed by atoms with Gasteiger partial charge in [0.25, 0.3) is 0 Å². The van der Waals surface area contributed by atoms with Gasteiger partial charge in [0.2, 0.25) is 5.91 Å². The summed E-state index contributed by atoms with van der Waals surface area (Å²) in [6.45, 7) is 2.80. The average molecular weight is 1030 g/mol. The van der Waals surface area contributed by atoms with Crippen molar-refractivity contribution in [1.29, 1.82) is 0 Å². The van der Waals surface area contributed by atoms with Crippen molar-refractivity contribution in [3.63, 3.8) is 0 Å². The maximum Gasteiger partial charge on any atom is 0.220 e. The molecule has 0 aromatic carbocycles. The van der Waals surface area contributed by atoms with E-state index in [-0.39, 0.29) is 18.9 Å². The maximum absolute atomic E-state index is 13.2. The van der Waals surface area contributed by atoms with E-state index < -0.39 is 86.8 Å². The van der Waals surface area contributed by atoms with Crippen molar-refractivity contribution < 1.29 is 64.6 Å². The molecule has 2 saturated heterocycles. The van der Waals surface area contributed by atoms with Gasteiger partial charge >= 0.3 is 0 Å². The monoisotopic (exact) mass is 1030 g/mol. The molecule has 1 amide bonds. The van der Waals surface area contributed by atoms with Gasteiger partial charge in [-0.15, -0.1) is 0 Å². The number of ether oxygens (including phenoxy) is 4. The highest BCUT2D eigenvalue weighted by Gasteiger charge is 2.51. The third-order valence-electron chi connectivity index (χ3n) is 14.6. The fourth-order valence-corrected chi connectivity index (χ4v) is 9.84. The molecule has 0 aromatic rings. The highest BCUT2D eigenvalue weighted by molar-refractivity contribution is 5.76. The van der Waals surface area contributed by atoms with Crippen molar-refractivity contribution >= 4 is 5.91 Å². The lowest BCUT2D eigenvalue weighted by Crippen LogP contribution is -2.65. The third kappa shape index (κ3) is 30.3. The predicted octanol–water partition coefficient (Wildman–Crippen LogP) is 9.67. The number of hydrogen-bond acceptors (Lipinski definition) is 13. The molecule has 12 unspecified atom stereocenters. The minimum Gasteiger partial charge on any atom is -0.394 e. The molecule has 9 N–H and O–H groups in total. The van der Waals surface area contributed by atoms with Gasteiger partial charge in [-0.1, -0.05) is 231 Å². The van der Waals surface area contributed by atoms with Crippen LogP contribution in [0.5, 0.6) is 0 Å². The van der Waals surface area contributed by atoms with Crippen LogP contribution in [0.15, 0.2) is 24.3 Å². The van der Waals surface area contributed by atoms with Gasteiger partial charge in [0.05, 0.1) is 32.0 Å². The molecule has 2 fully saturated rings. The Labute approximate surface area is 437 Å². The van der Waals surface area contributed by atoms with Crippen LogP contribution >= 0.6 is 0 Å². The molecule has 2 rings (SSSR count). The van der Waals surface area contributed by atoms with Gasteiger partial charge < -0.3 is 65.1 Å². The SMILES string of the molecule is CCCCCCCCCCCCCC/C=C/CC/C=C/C(O)C(COC1OC(CO)C(OC2OC(CO)C(O)C(O)C2O)C(O)C1O)NC(=O)CCCCCCCCCCCCCCCCCCCCCC. The molecular weight excluding hydrogens is 919 g/mol. The molecule has 2 aliphatic heterocycles. The summed E-state index contributed by atoms with van der Waals surface area (Å²) in [4.78, 5) is 13.2. The van der Waals surface area contributed by atoms with E-state index in [0.717, 1.165) is 32.1 Å². The fraction of sp³-hybridized carbons (Fsp3) is 0.914. The van der Waals surface area contributed by atoms with Gasteiger partial charge in [-0.2, -0.15) is 0 Å². The number of aliphatic hydroxyl groups is 8. The van der Waals surface area contributed by atoms with Crippen molar-refractivity contribution in [2.75, 3.05) is 19.8 Å². The molecule has 72 heavy (non-hydrogen) atoms. The first-order chi connectivity index (χ1) is 35.1. The normalized spacial score (nSPS) is 25.7. The van der Waals surface area contributed by atoms with E-state index in [4.69, 9.17) is 18.9 Å². The van der Waals surface area contributed by atoms with Gasteiger partial charge in [0, 0.05) is 6.42 Å². The molecule has 2 heterocycles. The number of carbonyl (C=O) groups excluding carboxylic acids is 1. The molecule has 0 saturated carbocycles. The number of aliphatic hydroxyl groups excluding tert-OH is 8. The van der Waals surface area contributed by atoms with Crippen LogP contribution in [0.1, 0.15) is 245 Å². The molecule has 0 aromatic heterocycles. The summed E-state index contributed by atoms with van der Waals surface area (Å²) in [5.41, 5.74) is 0. The smallest absolute Gasteiger partial charge is 0.220 e. The topological polar surface area (TPSA) is 228 Å². The lowest BCUT2D eigenvalue weighted by Gasteiger charge is -2.46. The lowest BCUT2D eigenvalue weighted by molar-refractivity contribution is -0.359. The number of carbonyl (C=O) groups is 1. The molecule has 14 heteroatoms. The largest absolute Gasteiger partial charge is 0.394 e. The van der Waals surface area contributed by atoms with Gasteiger partial charge in [0.1, 0.15) is 48.8 Å². The highest BCUT2D eigenvalue weighted by atomic mass is 16.7. The van der Waals surface area contributed by atoms with Crippen LogP contribution in [0.4, 0.5) is 0 Å². The first-order valence-electron chi connectivity index (χ1n) is 29.6. The number of amides is 1. The van der Waals surface area contributed by atoms with E-state index in [0.29, 0.717) is 12.8 Å². The Bertz CT molecular complexity index is 1300. The minimum absolute atomic E-state index is 0.245. The number of unbranched alkanes of at least 4 members (excludes halogenated alkanes) is 32. The molecule has 0 bridgehead atoms. The van der Waals surface area contributed by atoms with E-state index >= 15 is 0 Å². The van der Waals surface area contributed by atoms with E-state index in [1.165, 1.54) is 180 Å². The summed E-state index contributed by atoms with van der Waals surface area (Å²) in [5.74, 6) is -0.245. The van der Waals surface area contributed by atoms with Gasteiger partial charge in [0.15, 0.2) is 12.6 Å². The van der Waals surface area contributed by atoms with Crippen molar-refractivity contribution in [3.8, 4) is 0 Å². The Hall–Kier alpha value is -1.53. The van der Waals surface area contributed by atoms with E-state index in [1.807, 2.05) is 6.08 Å². The molecule has 0 radical (unpaired) electrons. The Morgan fingerprint density at radius 2 is 0.889 bits per heavy atom. The first kappa shape index (κ1) is 66.6. The maximum atomic E-state index is 13.2. The number of nitrogens with one attached hydrogen (secondary N) is 1. The summed E-state index contributed by atoms with van der Waals surface area (Å²) < 4.78 is 22.8. The second-order valence-corrected chi connectivity index (χ2v) is 21.1. The Morgan fingerprint density at radius 1 is 0.486 bits per heavy atom. The second-order valence-electron chi connectivity index (χ2n) is 21.1. The fourth-order valence-electron chi connectivity index (χ4n) is 9.84. The molecule has 424 valence electrons. The Balaban J connectivity index is 1.79. The van der Waals surface area contributed by atoms with Crippen LogP contribution in [0.3, 0.4) is 0 Å². The zero-order chi connectivity index (χ0) is 52.4. The molecule has 14 nitrogen and oxygen atoms in total. The molecule has 0 aliphatic carbocycles. The van der Waals surface area contributed by atoms with Crippen LogP contribution in [-0.4, -0.2) is 140 Å². The summed E-state index contributed by atoms with van der Waals surface area (Å²) >= 11 is 0. The quantitative estimate of drug-likeness (QED) is 0.0205. The van der Waals surface area contributed by atoms with Crippen LogP contribution in [0.2, 0.25) is 0 Å². The molecule has 2 aliphatic rings. The average Bonchev–Trinajstić information content (AvgIpc) is 3.38. The summed E-state index contributed by atoms with van der Waals surface area (Å²) in [7, 11) is 0. The van der Waals surface area contributed by atoms with Crippen molar-refractivity contribution in [2.24, 2.45) is 0 Å². The van der Waals surface area contributed by atoms with Crippen LogP contribution in [0.25, 0.3) is 0 Å². The van der Waals surface area contributed by atoms with Gasteiger partial charge in [-0.05, 0) is 32.1 Å². The van der Waals surface area contributed by atoms with E-state index in [9.17, 15) is 45.6 Å². The van der Waals surface area contributed by atoms with Crippen LogP contribution in [0, 0.1) is 0 Å². The standard InChI is InChI=1S/C58H109NO13/c1-3-5-7-9-11-13-15-17-19-21-23-24-26-28-30-32-34-36-38-40-42-50(63)59-46(47(62)41-39-37-35-33-31-29-27-25-22-20-18-16-14-12-10-8-6-4-2)45-69-57-55(68)53(66)56(49(44-61)71-57)72-58-54(67)52(65)51(64)48(43-60)70-58/h31,33,39,41,46-49,51-58,60-62,64-68H,3-30,32,34-38,40,42-45H2,1-2H3,(H,59,63)/b33-31+,41-39+. The predicted molar refractivity (Wildman–Crippen MR) is 286 cm³/mol. The van der Waals surface area contributed by atoms with Crippen LogP contribution in [-0.2, 0) is 23.7 Å². The minimum atomic E-state index is -1.79. The Kier molecular flexibility index (Phi) is 41.2. The van der Waals surface area contributed by atoms with Crippen molar-refractivity contribution in [3.05, 3.63) is 24.3 Å². The van der Waals surface area contributed by atoms with Gasteiger partial charge in [-0.3, -0.25) is 4.79 Å². The van der Waals surface area contributed by atoms with E-state index in [2.05, 4.69) is 31.3 Å². The zero-order valence-corrected chi connectivity index (χ0v) is 45.4. The summed E-state index contributed by atoms with van der Waals surface area (Å²) in [6.07, 6.45) is 35.0. The van der Waals surface area contributed by atoms with Crippen molar-refractivity contribution in [1.82, 2.24) is 5.32 Å². The molecular formula is C58H109NO13. The first-order valence-corrected chi connectivity index (χ1v) is 29.6. The van der Waals surface area contributed by atoms with Crippen LogP contribution < -0.4 is 5.32 Å². The molecule has 12 atom stereocenters. The van der Waals surface area contributed by atoms with Crippen molar-refractivity contribution in [2.45, 2.75) is 319 Å². The second kappa shape index (κ2) is 44.6. The zero-order valence-electron chi connectivity index (χ0n) is 45.4. The summed E-state index contributed by atoms with van der Waals surface area (Å²) in [5, 5.41) is 87.0. The number of allylic oxidation sites excluding steroid dienone is 3. The van der Waals surface area contributed by atoms with Gasteiger partial charge in [-0.25, -0.2) is 0 Å². The number of hydrogen-bond donors (Lipinski definition) is 9. The molecule has 0 spiro atoms. The summed E-state index contributed by atoms with van der Waals surface area (Å²) in [6, 6.07) is -0.927. The highest BCUT2D eigenvalue weighted by Crippen LogP contribution is 2.30. The lowest BCUT2D eigenvalue weighted by atomic mass is 9.97. The number of rotatable bonds is 47. The van der Waals surface area contributed by atoms with E-state index in [1.54, 1.807) is 6.08 Å².